The van der Waals surface area contributed by atoms with E-state index in [0.717, 1.165) is 25.1 Å². The Hall–Kier alpha value is -1.83. The summed E-state index contributed by atoms with van der Waals surface area (Å²) in [6.45, 7) is 3.16. The Bertz CT molecular complexity index is 537. The predicted molar refractivity (Wildman–Crippen MR) is 85.5 cm³/mol. The van der Waals surface area contributed by atoms with Crippen LogP contribution in [0.3, 0.4) is 0 Å². The number of alkyl halides is 3. The van der Waals surface area contributed by atoms with Crippen LogP contribution < -0.4 is 16.0 Å². The van der Waals surface area contributed by atoms with E-state index in [4.69, 9.17) is 5.73 Å². The van der Waals surface area contributed by atoms with Crippen molar-refractivity contribution >= 4 is 11.7 Å². The SMILES string of the molecule is CC(N)CCC(=O)NC1CCN(c2ccc(C(F)(F)F)cn2)CC1. The summed E-state index contributed by atoms with van der Waals surface area (Å²) in [5.74, 6) is 0.531. The molecule has 1 atom stereocenters. The van der Waals surface area contributed by atoms with Crippen LogP contribution in [0.25, 0.3) is 0 Å². The van der Waals surface area contributed by atoms with Crippen LogP contribution in [-0.2, 0) is 11.0 Å². The molecule has 0 aromatic carbocycles. The van der Waals surface area contributed by atoms with Gasteiger partial charge in [0.25, 0.3) is 0 Å². The number of hydrogen-bond donors (Lipinski definition) is 2. The molecule has 0 saturated carbocycles. The summed E-state index contributed by atoms with van der Waals surface area (Å²) in [5, 5.41) is 2.98. The van der Waals surface area contributed by atoms with E-state index < -0.39 is 11.7 Å². The number of hydrogen-bond acceptors (Lipinski definition) is 4. The maximum absolute atomic E-state index is 12.5. The predicted octanol–water partition coefficient (Wildman–Crippen LogP) is 2.31. The summed E-state index contributed by atoms with van der Waals surface area (Å²) in [6, 6.07) is 2.54. The van der Waals surface area contributed by atoms with Crippen LogP contribution in [0.1, 0.15) is 38.2 Å². The van der Waals surface area contributed by atoms with Crippen LogP contribution >= 0.6 is 0 Å². The first-order valence-corrected chi connectivity index (χ1v) is 8.09. The summed E-state index contributed by atoms with van der Waals surface area (Å²) >= 11 is 0. The lowest BCUT2D eigenvalue weighted by Gasteiger charge is -2.33. The van der Waals surface area contributed by atoms with Crippen molar-refractivity contribution in [2.75, 3.05) is 18.0 Å². The summed E-state index contributed by atoms with van der Waals surface area (Å²) in [4.78, 5) is 17.6. The molecule has 1 unspecified atom stereocenters. The van der Waals surface area contributed by atoms with Gasteiger partial charge >= 0.3 is 6.18 Å². The maximum atomic E-state index is 12.5. The van der Waals surface area contributed by atoms with E-state index in [2.05, 4.69) is 10.3 Å². The highest BCUT2D eigenvalue weighted by atomic mass is 19.4. The number of aromatic nitrogens is 1. The number of halogens is 3. The van der Waals surface area contributed by atoms with Crippen LogP contribution in [0, 0.1) is 0 Å². The zero-order chi connectivity index (χ0) is 17.7. The van der Waals surface area contributed by atoms with Crippen LogP contribution in [0.4, 0.5) is 19.0 Å². The molecular weight excluding hydrogens is 321 g/mol. The second-order valence-electron chi connectivity index (χ2n) is 6.25. The van der Waals surface area contributed by atoms with Crippen molar-refractivity contribution in [3.8, 4) is 0 Å². The van der Waals surface area contributed by atoms with Gasteiger partial charge in [-0.15, -0.1) is 0 Å². The number of pyridine rings is 1. The van der Waals surface area contributed by atoms with Gasteiger partial charge in [0.1, 0.15) is 5.82 Å². The highest BCUT2D eigenvalue weighted by molar-refractivity contribution is 5.76. The second-order valence-corrected chi connectivity index (χ2v) is 6.25. The van der Waals surface area contributed by atoms with Gasteiger partial charge in [0.2, 0.25) is 5.91 Å². The molecule has 3 N–H and O–H groups in total. The number of amides is 1. The van der Waals surface area contributed by atoms with Crippen LogP contribution in [0.5, 0.6) is 0 Å². The van der Waals surface area contributed by atoms with Gasteiger partial charge in [-0.3, -0.25) is 4.79 Å². The first kappa shape index (κ1) is 18.5. The Morgan fingerprint density at radius 2 is 2.08 bits per heavy atom. The Kier molecular flexibility index (Phi) is 6.04. The number of nitrogens with zero attached hydrogens (tertiary/aromatic N) is 2. The number of anilines is 1. The molecule has 8 heteroatoms. The third-order valence-electron chi connectivity index (χ3n) is 4.09. The standard InChI is InChI=1S/C16H23F3N4O/c1-11(20)2-5-15(24)22-13-6-8-23(9-7-13)14-4-3-12(10-21-14)16(17,18)19/h3-4,10-11,13H,2,5-9,20H2,1H3,(H,22,24). The van der Waals surface area contributed by atoms with Gasteiger partial charge in [0.05, 0.1) is 5.56 Å². The minimum atomic E-state index is -4.37. The van der Waals surface area contributed by atoms with Crippen molar-refractivity contribution in [1.82, 2.24) is 10.3 Å². The lowest BCUT2D eigenvalue weighted by molar-refractivity contribution is -0.137. The molecule has 5 nitrogen and oxygen atoms in total. The number of rotatable bonds is 5. The molecule has 1 aliphatic heterocycles. The van der Waals surface area contributed by atoms with Crippen molar-refractivity contribution < 1.29 is 18.0 Å². The molecule has 1 aromatic rings. The number of carbonyl (C=O) groups is 1. The maximum Gasteiger partial charge on any atom is 0.417 e. The van der Waals surface area contributed by atoms with Crippen LogP contribution in [0.2, 0.25) is 0 Å². The highest BCUT2D eigenvalue weighted by Gasteiger charge is 2.31. The minimum absolute atomic E-state index is 0.00148. The fourth-order valence-electron chi connectivity index (χ4n) is 2.65. The summed E-state index contributed by atoms with van der Waals surface area (Å²) < 4.78 is 37.6. The first-order chi connectivity index (χ1) is 11.3. The molecule has 0 radical (unpaired) electrons. The van der Waals surface area contributed by atoms with Crippen molar-refractivity contribution in [2.24, 2.45) is 5.73 Å². The minimum Gasteiger partial charge on any atom is -0.356 e. The number of nitrogens with two attached hydrogens (primary N) is 1. The molecule has 134 valence electrons. The Morgan fingerprint density at radius 3 is 2.58 bits per heavy atom. The zero-order valence-corrected chi connectivity index (χ0v) is 13.6. The third-order valence-corrected chi connectivity index (χ3v) is 4.09. The number of piperidine rings is 1. The van der Waals surface area contributed by atoms with Gasteiger partial charge in [-0.2, -0.15) is 13.2 Å². The van der Waals surface area contributed by atoms with E-state index in [1.54, 1.807) is 0 Å². The van der Waals surface area contributed by atoms with Gasteiger partial charge in [-0.1, -0.05) is 0 Å². The molecule has 2 heterocycles. The first-order valence-electron chi connectivity index (χ1n) is 8.09. The molecular formula is C16H23F3N4O. The second kappa shape index (κ2) is 7.83. The molecule has 24 heavy (non-hydrogen) atoms. The van der Waals surface area contributed by atoms with Crippen molar-refractivity contribution in [3.05, 3.63) is 23.9 Å². The lowest BCUT2D eigenvalue weighted by atomic mass is 10.0. The number of carbonyl (C=O) groups excluding carboxylic acids is 1. The average molecular weight is 344 g/mol. The van der Waals surface area contributed by atoms with Crippen molar-refractivity contribution in [1.29, 1.82) is 0 Å². The Labute approximate surface area is 139 Å². The topological polar surface area (TPSA) is 71.2 Å². The van der Waals surface area contributed by atoms with Crippen LogP contribution in [-0.4, -0.2) is 36.1 Å². The molecule has 0 aliphatic carbocycles. The highest BCUT2D eigenvalue weighted by Crippen LogP contribution is 2.29. The van der Waals surface area contributed by atoms with Gasteiger partial charge < -0.3 is 16.0 Å². The fraction of sp³-hybridized carbons (Fsp3) is 0.625. The fourth-order valence-corrected chi connectivity index (χ4v) is 2.65. The zero-order valence-electron chi connectivity index (χ0n) is 13.6. The Morgan fingerprint density at radius 1 is 1.42 bits per heavy atom. The van der Waals surface area contributed by atoms with E-state index in [0.29, 0.717) is 31.7 Å². The molecule has 1 aromatic heterocycles. The summed E-state index contributed by atoms with van der Waals surface area (Å²) in [6.07, 6.45) is -0.960. The normalized spacial score (nSPS) is 17.6. The molecule has 2 rings (SSSR count). The summed E-state index contributed by atoms with van der Waals surface area (Å²) in [7, 11) is 0. The molecule has 1 amide bonds. The van der Waals surface area contributed by atoms with Crippen LogP contribution in [0.15, 0.2) is 18.3 Å². The molecule has 1 saturated heterocycles. The monoisotopic (exact) mass is 344 g/mol. The van der Waals surface area contributed by atoms with Gasteiger partial charge in [-0.05, 0) is 38.3 Å². The van der Waals surface area contributed by atoms with E-state index in [1.165, 1.54) is 6.07 Å². The molecule has 1 fully saturated rings. The number of nitrogens with one attached hydrogen (secondary N) is 1. The molecule has 0 spiro atoms. The van der Waals surface area contributed by atoms with E-state index in [-0.39, 0.29) is 18.0 Å². The van der Waals surface area contributed by atoms with Gasteiger partial charge in [-0.25, -0.2) is 4.98 Å². The van der Waals surface area contributed by atoms with Crippen molar-refractivity contribution in [2.45, 2.75) is 50.9 Å². The van der Waals surface area contributed by atoms with E-state index >= 15 is 0 Å². The quantitative estimate of drug-likeness (QED) is 0.860. The van der Waals surface area contributed by atoms with Gasteiger partial charge in [0, 0.05) is 37.8 Å². The van der Waals surface area contributed by atoms with Gasteiger partial charge in [0.15, 0.2) is 0 Å². The van der Waals surface area contributed by atoms with E-state index in [1.807, 2.05) is 11.8 Å². The largest absolute Gasteiger partial charge is 0.417 e. The lowest BCUT2D eigenvalue weighted by Crippen LogP contribution is -2.45. The third kappa shape index (κ3) is 5.36. The average Bonchev–Trinajstić information content (AvgIpc) is 2.53. The summed E-state index contributed by atoms with van der Waals surface area (Å²) in [5.41, 5.74) is 4.88. The molecule has 0 bridgehead atoms. The van der Waals surface area contributed by atoms with E-state index in [9.17, 15) is 18.0 Å². The smallest absolute Gasteiger partial charge is 0.356 e. The van der Waals surface area contributed by atoms with Crippen molar-refractivity contribution in [3.63, 3.8) is 0 Å². The molecule has 1 aliphatic rings. The Balaban J connectivity index is 1.81.